The van der Waals surface area contributed by atoms with Crippen LogP contribution in [-0.4, -0.2) is 80.6 Å². The number of hydrogen-bond donors (Lipinski definition) is 1. The van der Waals surface area contributed by atoms with Crippen LogP contribution >= 0.6 is 11.6 Å². The zero-order chi connectivity index (χ0) is 27.0. The fourth-order valence-corrected chi connectivity index (χ4v) is 7.36. The fraction of sp³-hybridized carbons (Fsp3) is 0.500. The molecule has 40 heavy (non-hydrogen) atoms. The van der Waals surface area contributed by atoms with Gasteiger partial charge in [0.1, 0.15) is 41.8 Å². The molecule has 0 spiro atoms. The third-order valence-corrected chi connectivity index (χ3v) is 9.25. The van der Waals surface area contributed by atoms with Crippen LogP contribution in [-0.2, 0) is 0 Å². The summed E-state index contributed by atoms with van der Waals surface area (Å²) >= 11 is 6.39. The quantitative estimate of drug-likeness (QED) is 0.366. The number of ether oxygens (including phenoxy) is 2. The van der Waals surface area contributed by atoms with Crippen LogP contribution in [0.5, 0.6) is 11.9 Å². The Morgan fingerprint density at radius 2 is 2.10 bits per heavy atom. The molecule has 0 radical (unpaired) electrons. The van der Waals surface area contributed by atoms with Crippen LogP contribution in [0.3, 0.4) is 0 Å². The van der Waals surface area contributed by atoms with Gasteiger partial charge in [0, 0.05) is 35.5 Å². The van der Waals surface area contributed by atoms with E-state index >= 15 is 4.39 Å². The zero-order valence-electron chi connectivity index (χ0n) is 21.8. The van der Waals surface area contributed by atoms with Crippen molar-refractivity contribution < 1.29 is 18.3 Å². The summed E-state index contributed by atoms with van der Waals surface area (Å²) in [5.74, 6) is 0.252. The van der Waals surface area contributed by atoms with Gasteiger partial charge in [-0.1, -0.05) is 11.6 Å². The van der Waals surface area contributed by atoms with Crippen LogP contribution in [0.2, 0.25) is 5.02 Å². The molecule has 208 valence electrons. The Kier molecular flexibility index (Phi) is 5.57. The van der Waals surface area contributed by atoms with E-state index in [-0.39, 0.29) is 41.3 Å². The van der Waals surface area contributed by atoms with E-state index in [4.69, 9.17) is 26.1 Å². The highest BCUT2D eigenvalue weighted by Gasteiger charge is 2.49. The monoisotopic (exact) mass is 567 g/mol. The number of aromatic nitrogens is 5. The van der Waals surface area contributed by atoms with Crippen molar-refractivity contribution in [3.05, 3.63) is 29.2 Å². The van der Waals surface area contributed by atoms with Crippen LogP contribution < -0.4 is 14.4 Å². The number of alkyl halides is 1. The number of halogens is 3. The first-order valence-electron chi connectivity index (χ1n) is 13.9. The number of aromatic amines is 1. The van der Waals surface area contributed by atoms with Crippen LogP contribution in [0.15, 0.2) is 18.3 Å². The van der Waals surface area contributed by atoms with E-state index in [0.29, 0.717) is 52.3 Å². The first-order valence-corrected chi connectivity index (χ1v) is 14.3. The lowest BCUT2D eigenvalue weighted by atomic mass is 9.95. The molecule has 3 aromatic heterocycles. The summed E-state index contributed by atoms with van der Waals surface area (Å²) < 4.78 is 43.4. The third kappa shape index (κ3) is 3.73. The number of H-pyrrole nitrogens is 1. The highest BCUT2D eigenvalue weighted by molar-refractivity contribution is 6.31. The molecule has 3 atom stereocenters. The SMILES string of the molecule is Fc1c(-c2cc(Cl)cc3[nH]ncc23)nc2c3c(nc(OC[C@@]45CCCN4C[C@H](F)C5)nc13)N1CCCC[C@H]1CO2. The lowest BCUT2D eigenvalue weighted by molar-refractivity contribution is 0.107. The lowest BCUT2D eigenvalue weighted by Crippen LogP contribution is -2.44. The standard InChI is InChI=1S/C28H28ClF2N7O2/c29-15-8-18(19-11-32-36-20(19)9-15)23-22(31)24-21-25(38-7-2-1-4-17(38)13-39-26(21)33-23)35-27(34-24)40-14-28-5-3-6-37(28)12-16(30)10-28/h8-9,11,16-17H,1-7,10,12-14H2,(H,32,36)/t16-,17+,28+/m1/s1. The summed E-state index contributed by atoms with van der Waals surface area (Å²) in [7, 11) is 0. The maximum absolute atomic E-state index is 16.6. The molecule has 4 aromatic rings. The van der Waals surface area contributed by atoms with Crippen LogP contribution in [0.25, 0.3) is 33.1 Å². The Bertz CT molecular complexity index is 1650. The predicted octanol–water partition coefficient (Wildman–Crippen LogP) is 5.07. The van der Waals surface area contributed by atoms with Gasteiger partial charge in [0.15, 0.2) is 5.82 Å². The number of benzene rings is 1. The number of pyridine rings is 1. The Balaban J connectivity index is 1.29. The average Bonchev–Trinajstić information content (AvgIpc) is 3.62. The minimum absolute atomic E-state index is 0.0727. The van der Waals surface area contributed by atoms with Gasteiger partial charge in [-0.15, -0.1) is 0 Å². The maximum Gasteiger partial charge on any atom is 0.319 e. The molecule has 0 saturated carbocycles. The van der Waals surface area contributed by atoms with Gasteiger partial charge in [0.05, 0.1) is 23.3 Å². The van der Waals surface area contributed by atoms with Gasteiger partial charge in [-0.05, 0) is 50.8 Å². The van der Waals surface area contributed by atoms with Crippen molar-refractivity contribution in [2.45, 2.75) is 56.3 Å². The molecule has 0 bridgehead atoms. The normalized spacial score (nSPS) is 26.1. The van der Waals surface area contributed by atoms with Crippen molar-refractivity contribution >= 4 is 39.2 Å². The number of anilines is 1. The highest BCUT2D eigenvalue weighted by Crippen LogP contribution is 2.44. The second-order valence-corrected chi connectivity index (χ2v) is 11.9. The van der Waals surface area contributed by atoms with Crippen LogP contribution in [0.1, 0.15) is 38.5 Å². The van der Waals surface area contributed by atoms with Gasteiger partial charge < -0.3 is 14.4 Å². The molecule has 12 heteroatoms. The number of piperidine rings is 1. The van der Waals surface area contributed by atoms with E-state index in [0.717, 1.165) is 45.2 Å². The molecule has 7 heterocycles. The maximum atomic E-state index is 16.6. The molecule has 3 saturated heterocycles. The van der Waals surface area contributed by atoms with Crippen LogP contribution in [0.4, 0.5) is 14.6 Å². The van der Waals surface area contributed by atoms with Gasteiger partial charge in [-0.2, -0.15) is 15.1 Å². The second kappa shape index (κ2) is 9.10. The molecule has 9 nitrogen and oxygen atoms in total. The second-order valence-electron chi connectivity index (χ2n) is 11.4. The fourth-order valence-electron chi connectivity index (χ4n) is 7.15. The molecule has 4 aliphatic rings. The van der Waals surface area contributed by atoms with Gasteiger partial charge >= 0.3 is 6.01 Å². The van der Waals surface area contributed by atoms with Gasteiger partial charge in [0.25, 0.3) is 0 Å². The van der Waals surface area contributed by atoms with E-state index in [1.165, 1.54) is 0 Å². The zero-order valence-corrected chi connectivity index (χ0v) is 22.6. The number of nitrogens with one attached hydrogen (secondary N) is 1. The van der Waals surface area contributed by atoms with E-state index in [2.05, 4.69) is 30.0 Å². The van der Waals surface area contributed by atoms with Crippen molar-refractivity contribution in [2.24, 2.45) is 0 Å². The van der Waals surface area contributed by atoms with E-state index < -0.39 is 12.0 Å². The van der Waals surface area contributed by atoms with Gasteiger partial charge in [0.2, 0.25) is 5.88 Å². The molecular formula is C28H28ClF2N7O2. The molecule has 4 aliphatic heterocycles. The van der Waals surface area contributed by atoms with Crippen molar-refractivity contribution in [3.63, 3.8) is 0 Å². The first kappa shape index (κ1) is 24.5. The molecule has 1 aromatic carbocycles. The number of nitrogens with zero attached hydrogens (tertiary/aromatic N) is 6. The number of hydrogen-bond acceptors (Lipinski definition) is 8. The first-order chi connectivity index (χ1) is 19.5. The lowest BCUT2D eigenvalue weighted by Gasteiger charge is -2.35. The molecule has 0 aliphatic carbocycles. The van der Waals surface area contributed by atoms with E-state index in [1.54, 1.807) is 18.3 Å². The van der Waals surface area contributed by atoms with Gasteiger partial charge in [-0.25, -0.2) is 13.8 Å². The largest absolute Gasteiger partial charge is 0.475 e. The van der Waals surface area contributed by atoms with Crippen LogP contribution in [0, 0.1) is 5.82 Å². The van der Waals surface area contributed by atoms with Crippen molar-refractivity contribution in [3.8, 4) is 23.1 Å². The summed E-state index contributed by atoms with van der Waals surface area (Å²) in [4.78, 5) is 18.5. The van der Waals surface area contributed by atoms with Gasteiger partial charge in [-0.3, -0.25) is 10.00 Å². The average molecular weight is 568 g/mol. The Labute approximate surface area is 233 Å². The van der Waals surface area contributed by atoms with E-state index in [9.17, 15) is 4.39 Å². The molecule has 1 N–H and O–H groups in total. The minimum Gasteiger partial charge on any atom is -0.475 e. The third-order valence-electron chi connectivity index (χ3n) is 9.03. The highest BCUT2D eigenvalue weighted by atomic mass is 35.5. The molecule has 0 unspecified atom stereocenters. The number of fused-ring (bicyclic) bond motifs is 4. The summed E-state index contributed by atoms with van der Waals surface area (Å²) in [6.45, 7) is 2.72. The smallest absolute Gasteiger partial charge is 0.319 e. The molecule has 8 rings (SSSR count). The molecule has 3 fully saturated rings. The summed E-state index contributed by atoms with van der Waals surface area (Å²) in [5.41, 5.74) is 0.939. The minimum atomic E-state index is -0.872. The van der Waals surface area contributed by atoms with Crippen molar-refractivity contribution in [2.75, 3.05) is 37.7 Å². The van der Waals surface area contributed by atoms with Crippen molar-refractivity contribution in [1.82, 2.24) is 30.0 Å². The molecular weight excluding hydrogens is 540 g/mol. The topological polar surface area (TPSA) is 92.3 Å². The Morgan fingerprint density at radius 3 is 3.02 bits per heavy atom. The summed E-state index contributed by atoms with van der Waals surface area (Å²) in [5, 5.41) is 8.55. The Hall–Kier alpha value is -3.31. The van der Waals surface area contributed by atoms with E-state index in [1.807, 2.05) is 0 Å². The summed E-state index contributed by atoms with van der Waals surface area (Å²) in [6.07, 6.45) is 6.05. The predicted molar refractivity (Wildman–Crippen MR) is 146 cm³/mol. The summed E-state index contributed by atoms with van der Waals surface area (Å²) in [6, 6.07) is 3.57. The molecule has 0 amide bonds. The number of rotatable bonds is 4. The Morgan fingerprint density at radius 1 is 1.18 bits per heavy atom. The van der Waals surface area contributed by atoms with Crippen molar-refractivity contribution in [1.29, 1.82) is 0 Å².